The van der Waals surface area contributed by atoms with Crippen molar-refractivity contribution in [3.05, 3.63) is 40.3 Å². The lowest BCUT2D eigenvalue weighted by Gasteiger charge is -2.34. The number of amides is 2. The van der Waals surface area contributed by atoms with Crippen molar-refractivity contribution in [2.75, 3.05) is 31.9 Å². The maximum Gasteiger partial charge on any atom is 0.229 e. The molecule has 6 nitrogen and oxygen atoms in total. The molecule has 30 heavy (non-hydrogen) atoms. The zero-order valence-corrected chi connectivity index (χ0v) is 19.3. The second kappa shape index (κ2) is 9.89. The molecule has 1 aromatic carbocycles. The Kier molecular flexibility index (Phi) is 7.01. The van der Waals surface area contributed by atoms with Crippen molar-refractivity contribution in [2.24, 2.45) is 0 Å². The van der Waals surface area contributed by atoms with Crippen molar-refractivity contribution in [2.45, 2.75) is 30.5 Å². The van der Waals surface area contributed by atoms with Crippen LogP contribution in [0.1, 0.15) is 23.5 Å². The van der Waals surface area contributed by atoms with Crippen LogP contribution in [0.5, 0.6) is 0 Å². The lowest BCUT2D eigenvalue weighted by molar-refractivity contribution is -0.139. The zero-order chi connectivity index (χ0) is 20.9. The van der Waals surface area contributed by atoms with E-state index in [2.05, 4.69) is 16.0 Å². The Hall–Kier alpha value is -1.97. The smallest absolute Gasteiger partial charge is 0.229 e. The highest BCUT2D eigenvalue weighted by Crippen LogP contribution is 2.29. The molecule has 0 atom stereocenters. The van der Waals surface area contributed by atoms with Gasteiger partial charge in [-0.3, -0.25) is 9.59 Å². The van der Waals surface area contributed by atoms with Gasteiger partial charge < -0.3 is 9.80 Å². The SMILES string of the molecule is Cc1csc(CC(=O)N2CCN(C(=O)CCCSc3nc4ccccc4s3)CC2)n1. The van der Waals surface area contributed by atoms with Crippen LogP contribution >= 0.6 is 34.4 Å². The van der Waals surface area contributed by atoms with Crippen LogP contribution in [-0.2, 0) is 16.0 Å². The number of thioether (sulfide) groups is 1. The molecule has 1 saturated heterocycles. The van der Waals surface area contributed by atoms with E-state index in [-0.39, 0.29) is 11.8 Å². The lowest BCUT2D eigenvalue weighted by Crippen LogP contribution is -2.51. The fourth-order valence-corrected chi connectivity index (χ4v) is 6.23. The Morgan fingerprint density at radius 1 is 1.07 bits per heavy atom. The molecule has 3 heterocycles. The molecule has 0 unspecified atom stereocenters. The van der Waals surface area contributed by atoms with Gasteiger partial charge in [0.2, 0.25) is 11.8 Å². The predicted octanol–water partition coefficient (Wildman–Crippen LogP) is 3.85. The summed E-state index contributed by atoms with van der Waals surface area (Å²) in [5.41, 5.74) is 2.00. The molecule has 0 radical (unpaired) electrons. The van der Waals surface area contributed by atoms with Gasteiger partial charge in [-0.15, -0.1) is 22.7 Å². The number of thiazole rings is 2. The molecular weight excluding hydrogens is 436 g/mol. The van der Waals surface area contributed by atoms with Crippen molar-refractivity contribution >= 4 is 56.5 Å². The number of carbonyl (C=O) groups is 2. The van der Waals surface area contributed by atoms with Gasteiger partial charge in [0.25, 0.3) is 0 Å². The van der Waals surface area contributed by atoms with E-state index >= 15 is 0 Å². The second-order valence-corrected chi connectivity index (χ2v) is 10.5. The summed E-state index contributed by atoms with van der Waals surface area (Å²) in [5, 5.41) is 2.83. The van der Waals surface area contributed by atoms with Crippen molar-refractivity contribution < 1.29 is 9.59 Å². The Bertz CT molecular complexity index is 991. The fourth-order valence-electron chi connectivity index (χ4n) is 3.38. The van der Waals surface area contributed by atoms with Gasteiger partial charge in [0, 0.05) is 49.4 Å². The predicted molar refractivity (Wildman–Crippen MR) is 123 cm³/mol. The van der Waals surface area contributed by atoms with E-state index in [9.17, 15) is 9.59 Å². The zero-order valence-electron chi connectivity index (χ0n) is 16.9. The number of carbonyl (C=O) groups excluding carboxylic acids is 2. The number of benzene rings is 1. The highest BCUT2D eigenvalue weighted by atomic mass is 32.2. The van der Waals surface area contributed by atoms with E-state index in [1.165, 1.54) is 16.0 Å². The molecule has 2 aromatic heterocycles. The average molecular weight is 461 g/mol. The van der Waals surface area contributed by atoms with Crippen LogP contribution in [-0.4, -0.2) is 63.5 Å². The minimum atomic E-state index is 0.101. The summed E-state index contributed by atoms with van der Waals surface area (Å²) in [4.78, 5) is 37.7. The van der Waals surface area contributed by atoms with Crippen LogP contribution in [0.2, 0.25) is 0 Å². The first kappa shape index (κ1) is 21.3. The van der Waals surface area contributed by atoms with Crippen molar-refractivity contribution in [1.29, 1.82) is 0 Å². The number of fused-ring (bicyclic) bond motifs is 1. The van der Waals surface area contributed by atoms with Crippen LogP contribution in [0.25, 0.3) is 10.2 Å². The van der Waals surface area contributed by atoms with Crippen LogP contribution in [0.15, 0.2) is 34.0 Å². The van der Waals surface area contributed by atoms with Gasteiger partial charge in [0.15, 0.2) is 4.34 Å². The topological polar surface area (TPSA) is 66.4 Å². The maximum absolute atomic E-state index is 12.5. The molecule has 0 N–H and O–H groups in total. The number of nitrogens with zero attached hydrogens (tertiary/aromatic N) is 4. The Morgan fingerprint density at radius 3 is 2.50 bits per heavy atom. The number of piperazine rings is 1. The van der Waals surface area contributed by atoms with Gasteiger partial charge in [-0.25, -0.2) is 9.97 Å². The summed E-state index contributed by atoms with van der Waals surface area (Å²) in [7, 11) is 0. The number of aromatic nitrogens is 2. The number of hydrogen-bond donors (Lipinski definition) is 0. The summed E-state index contributed by atoms with van der Waals surface area (Å²) < 4.78 is 2.26. The number of aryl methyl sites for hydroxylation is 1. The van der Waals surface area contributed by atoms with E-state index in [0.29, 0.717) is 39.0 Å². The van der Waals surface area contributed by atoms with E-state index in [1.54, 1.807) is 23.1 Å². The first-order valence-corrected chi connectivity index (χ1v) is 12.7. The molecule has 9 heteroatoms. The van der Waals surface area contributed by atoms with Gasteiger partial charge in [-0.1, -0.05) is 23.9 Å². The minimum absolute atomic E-state index is 0.101. The first-order chi connectivity index (χ1) is 14.6. The van der Waals surface area contributed by atoms with E-state index in [4.69, 9.17) is 0 Å². The summed E-state index contributed by atoms with van der Waals surface area (Å²) in [6.07, 6.45) is 1.74. The van der Waals surface area contributed by atoms with Gasteiger partial charge in [0.1, 0.15) is 5.01 Å². The molecule has 0 bridgehead atoms. The van der Waals surface area contributed by atoms with Gasteiger partial charge in [-0.05, 0) is 25.5 Å². The fraction of sp³-hybridized carbons (Fsp3) is 0.429. The largest absolute Gasteiger partial charge is 0.339 e. The van der Waals surface area contributed by atoms with E-state index < -0.39 is 0 Å². The molecule has 2 amide bonds. The highest BCUT2D eigenvalue weighted by Gasteiger charge is 2.24. The highest BCUT2D eigenvalue weighted by molar-refractivity contribution is 8.01. The van der Waals surface area contributed by atoms with Crippen LogP contribution in [0.3, 0.4) is 0 Å². The summed E-state index contributed by atoms with van der Waals surface area (Å²) in [6, 6.07) is 8.15. The van der Waals surface area contributed by atoms with Gasteiger partial charge in [-0.2, -0.15) is 0 Å². The molecule has 0 saturated carbocycles. The van der Waals surface area contributed by atoms with E-state index in [1.807, 2.05) is 40.3 Å². The third kappa shape index (κ3) is 5.39. The van der Waals surface area contributed by atoms with Gasteiger partial charge in [0.05, 0.1) is 16.6 Å². The Balaban J connectivity index is 1.16. The van der Waals surface area contributed by atoms with Gasteiger partial charge >= 0.3 is 0 Å². The molecule has 1 aliphatic heterocycles. The molecule has 4 rings (SSSR count). The summed E-state index contributed by atoms with van der Waals surface area (Å²) in [6.45, 7) is 4.39. The van der Waals surface area contributed by atoms with E-state index in [0.717, 1.165) is 32.7 Å². The monoisotopic (exact) mass is 460 g/mol. The first-order valence-electron chi connectivity index (χ1n) is 10.0. The molecule has 0 aliphatic carbocycles. The average Bonchev–Trinajstić information content (AvgIpc) is 3.36. The van der Waals surface area contributed by atoms with Crippen molar-refractivity contribution in [1.82, 2.24) is 19.8 Å². The lowest BCUT2D eigenvalue weighted by atomic mass is 10.2. The molecule has 0 spiro atoms. The molecule has 1 aliphatic rings. The molecule has 158 valence electrons. The standard InChI is InChI=1S/C21H24N4O2S3/c1-15-14-29-18(22-15)13-20(27)25-10-8-24(9-11-25)19(26)7-4-12-28-21-23-16-5-2-3-6-17(16)30-21/h2-3,5-6,14H,4,7-13H2,1H3. The number of rotatable bonds is 7. The summed E-state index contributed by atoms with van der Waals surface area (Å²) >= 11 is 4.95. The van der Waals surface area contributed by atoms with Crippen molar-refractivity contribution in [3.63, 3.8) is 0 Å². The molecular formula is C21H24N4O2S3. The summed E-state index contributed by atoms with van der Waals surface area (Å²) in [5.74, 6) is 1.17. The third-order valence-electron chi connectivity index (χ3n) is 4.99. The van der Waals surface area contributed by atoms with Crippen LogP contribution in [0.4, 0.5) is 0 Å². The number of para-hydroxylation sites is 1. The third-order valence-corrected chi connectivity index (χ3v) is 8.22. The number of hydrogen-bond acceptors (Lipinski definition) is 7. The van der Waals surface area contributed by atoms with Crippen LogP contribution < -0.4 is 0 Å². The van der Waals surface area contributed by atoms with Crippen LogP contribution in [0, 0.1) is 6.92 Å². The normalized spacial score (nSPS) is 14.4. The Labute approximate surface area is 188 Å². The second-order valence-electron chi connectivity index (χ2n) is 7.22. The van der Waals surface area contributed by atoms with Crippen molar-refractivity contribution in [3.8, 4) is 0 Å². The maximum atomic E-state index is 12.5. The minimum Gasteiger partial charge on any atom is -0.339 e. The molecule has 1 fully saturated rings. The molecule has 3 aromatic rings. The quantitative estimate of drug-likeness (QED) is 0.396. The Morgan fingerprint density at radius 2 is 1.80 bits per heavy atom.